The van der Waals surface area contributed by atoms with Gasteiger partial charge in [0.2, 0.25) is 5.67 Å². The zero-order chi connectivity index (χ0) is 16.9. The summed E-state index contributed by atoms with van der Waals surface area (Å²) in [6.45, 7) is 0. The lowest BCUT2D eigenvalue weighted by Gasteiger charge is -2.22. The molecular weight excluding hydrogens is 297 g/mol. The summed E-state index contributed by atoms with van der Waals surface area (Å²) in [7, 11) is 1.54. The number of aliphatic imine (C=N–C) groups is 1. The second kappa shape index (κ2) is 6.91. The summed E-state index contributed by atoms with van der Waals surface area (Å²) >= 11 is 0. The predicted octanol–water partition coefficient (Wildman–Crippen LogP) is 1.90. The molecule has 0 aliphatic heterocycles. The lowest BCUT2D eigenvalue weighted by atomic mass is 9.88. The van der Waals surface area contributed by atoms with Crippen LogP contribution < -0.4 is 16.2 Å². The number of carbonyl (C=O) groups is 1. The summed E-state index contributed by atoms with van der Waals surface area (Å²) in [5.74, 6) is -0.851. The van der Waals surface area contributed by atoms with E-state index in [2.05, 4.69) is 4.99 Å². The number of guanidine groups is 1. The van der Waals surface area contributed by atoms with Gasteiger partial charge in [0.15, 0.2) is 5.96 Å². The summed E-state index contributed by atoms with van der Waals surface area (Å²) in [5, 5.41) is 0. The van der Waals surface area contributed by atoms with Crippen molar-refractivity contribution in [2.45, 2.75) is 12.1 Å². The van der Waals surface area contributed by atoms with Crippen LogP contribution in [0, 0.1) is 0 Å². The Morgan fingerprint density at radius 1 is 1.13 bits per heavy atom. The van der Waals surface area contributed by atoms with Crippen molar-refractivity contribution in [3.8, 4) is 5.75 Å². The molecule has 6 heteroatoms. The fourth-order valence-corrected chi connectivity index (χ4v) is 2.23. The third-order valence-corrected chi connectivity index (χ3v) is 3.41. The van der Waals surface area contributed by atoms with Gasteiger partial charge in [0.25, 0.3) is 5.91 Å². The summed E-state index contributed by atoms with van der Waals surface area (Å²) in [4.78, 5) is 15.6. The zero-order valence-electron chi connectivity index (χ0n) is 12.7. The lowest BCUT2D eigenvalue weighted by molar-refractivity contribution is -0.129. The molecule has 0 aromatic heterocycles. The molecule has 0 spiro atoms. The Labute approximate surface area is 133 Å². The van der Waals surface area contributed by atoms with Crippen molar-refractivity contribution < 1.29 is 13.9 Å². The van der Waals surface area contributed by atoms with Gasteiger partial charge in [-0.05, 0) is 23.3 Å². The summed E-state index contributed by atoms with van der Waals surface area (Å²) in [6.07, 6.45) is -0.184. The van der Waals surface area contributed by atoms with E-state index in [1.54, 1.807) is 49.6 Å². The fourth-order valence-electron chi connectivity index (χ4n) is 2.23. The lowest BCUT2D eigenvalue weighted by Crippen LogP contribution is -2.35. The third kappa shape index (κ3) is 3.85. The van der Waals surface area contributed by atoms with Gasteiger partial charge >= 0.3 is 0 Å². The number of benzene rings is 2. The second-order valence-corrected chi connectivity index (χ2v) is 5.03. The minimum atomic E-state index is -2.35. The number of nitrogens with two attached hydrogens (primary N) is 2. The van der Waals surface area contributed by atoms with Crippen LogP contribution in [0.25, 0.3) is 0 Å². The Hall–Kier alpha value is -2.89. The van der Waals surface area contributed by atoms with E-state index >= 15 is 4.39 Å². The first-order chi connectivity index (χ1) is 11.0. The number of hydrogen-bond donors (Lipinski definition) is 2. The Morgan fingerprint density at radius 2 is 1.74 bits per heavy atom. The number of alkyl halides is 1. The number of methoxy groups -OCH3 is 1. The Kier molecular flexibility index (Phi) is 4.95. The minimum absolute atomic E-state index is 0.184. The van der Waals surface area contributed by atoms with Crippen molar-refractivity contribution in [2.75, 3.05) is 7.11 Å². The quantitative estimate of drug-likeness (QED) is 0.651. The fraction of sp³-hybridized carbons (Fsp3) is 0.176. The van der Waals surface area contributed by atoms with Crippen LogP contribution in [-0.2, 0) is 16.9 Å². The van der Waals surface area contributed by atoms with Gasteiger partial charge in [0.1, 0.15) is 5.75 Å². The van der Waals surface area contributed by atoms with Crippen molar-refractivity contribution in [2.24, 2.45) is 16.5 Å². The smallest absolute Gasteiger partial charge is 0.291 e. The highest BCUT2D eigenvalue weighted by molar-refractivity contribution is 5.96. The predicted molar refractivity (Wildman–Crippen MR) is 86.7 cm³/mol. The van der Waals surface area contributed by atoms with Crippen molar-refractivity contribution in [3.05, 3.63) is 65.7 Å². The molecule has 0 radical (unpaired) electrons. The van der Waals surface area contributed by atoms with Crippen molar-refractivity contribution in [1.29, 1.82) is 0 Å². The molecule has 2 aromatic carbocycles. The average Bonchev–Trinajstić information content (AvgIpc) is 2.55. The van der Waals surface area contributed by atoms with E-state index in [1.807, 2.05) is 0 Å². The van der Waals surface area contributed by atoms with Crippen LogP contribution in [0.5, 0.6) is 5.75 Å². The maximum Gasteiger partial charge on any atom is 0.291 e. The highest BCUT2D eigenvalue weighted by Crippen LogP contribution is 2.32. The minimum Gasteiger partial charge on any atom is -0.497 e. The van der Waals surface area contributed by atoms with Gasteiger partial charge in [-0.15, -0.1) is 0 Å². The molecule has 0 saturated carbocycles. The average molecular weight is 315 g/mol. The monoisotopic (exact) mass is 315 g/mol. The number of carbonyl (C=O) groups excluding carboxylic acids is 1. The van der Waals surface area contributed by atoms with Crippen LogP contribution in [0.1, 0.15) is 11.1 Å². The van der Waals surface area contributed by atoms with E-state index in [0.29, 0.717) is 11.3 Å². The van der Waals surface area contributed by atoms with E-state index in [4.69, 9.17) is 16.2 Å². The normalized spacial score (nSPS) is 13.0. The number of halogens is 1. The van der Waals surface area contributed by atoms with Gasteiger partial charge < -0.3 is 16.2 Å². The SMILES string of the molecule is COc1ccc(CC(F)(C(=O)N=C(N)N)c2ccccc2)cc1. The van der Waals surface area contributed by atoms with Crippen LogP contribution in [0.4, 0.5) is 4.39 Å². The molecule has 0 aliphatic carbocycles. The number of ether oxygens (including phenoxy) is 1. The molecule has 0 bridgehead atoms. The molecule has 4 N–H and O–H groups in total. The standard InChI is InChI=1S/C17H18FN3O2/c1-23-14-9-7-12(8-10-14)11-17(18,15(22)21-16(19)20)13-5-3-2-4-6-13/h2-10H,11H2,1H3,(H4,19,20,21,22). The molecule has 0 saturated heterocycles. The topological polar surface area (TPSA) is 90.7 Å². The van der Waals surface area contributed by atoms with Crippen LogP contribution >= 0.6 is 0 Å². The molecule has 23 heavy (non-hydrogen) atoms. The molecule has 1 unspecified atom stereocenters. The van der Waals surface area contributed by atoms with E-state index in [0.717, 1.165) is 0 Å². The van der Waals surface area contributed by atoms with Gasteiger partial charge in [0.05, 0.1) is 7.11 Å². The summed E-state index contributed by atoms with van der Waals surface area (Å²) in [6, 6.07) is 14.9. The Bertz CT molecular complexity index is 698. The third-order valence-electron chi connectivity index (χ3n) is 3.41. The van der Waals surface area contributed by atoms with E-state index < -0.39 is 17.5 Å². The largest absolute Gasteiger partial charge is 0.497 e. The van der Waals surface area contributed by atoms with Gasteiger partial charge in [-0.3, -0.25) is 4.79 Å². The second-order valence-electron chi connectivity index (χ2n) is 5.03. The summed E-state index contributed by atoms with van der Waals surface area (Å²) < 4.78 is 20.6. The van der Waals surface area contributed by atoms with E-state index in [1.165, 1.54) is 12.1 Å². The van der Waals surface area contributed by atoms with Crippen molar-refractivity contribution in [3.63, 3.8) is 0 Å². The number of hydrogen-bond acceptors (Lipinski definition) is 2. The molecule has 0 heterocycles. The summed E-state index contributed by atoms with van der Waals surface area (Å²) in [5.41, 5.74) is 8.92. The van der Waals surface area contributed by atoms with Crippen LogP contribution in [0.3, 0.4) is 0 Å². The van der Waals surface area contributed by atoms with Crippen LogP contribution in [-0.4, -0.2) is 19.0 Å². The molecular formula is C17H18FN3O2. The molecule has 5 nitrogen and oxygen atoms in total. The maximum absolute atomic E-state index is 15.5. The number of amides is 1. The van der Waals surface area contributed by atoms with Gasteiger partial charge in [0, 0.05) is 6.42 Å². The molecule has 0 aliphatic rings. The molecule has 120 valence electrons. The van der Waals surface area contributed by atoms with Crippen molar-refractivity contribution in [1.82, 2.24) is 0 Å². The van der Waals surface area contributed by atoms with E-state index in [-0.39, 0.29) is 12.0 Å². The van der Waals surface area contributed by atoms with Crippen LogP contribution in [0.2, 0.25) is 0 Å². The van der Waals surface area contributed by atoms with Crippen molar-refractivity contribution >= 4 is 11.9 Å². The van der Waals surface area contributed by atoms with Gasteiger partial charge in [-0.1, -0.05) is 42.5 Å². The maximum atomic E-state index is 15.5. The van der Waals surface area contributed by atoms with E-state index in [9.17, 15) is 4.79 Å². The first kappa shape index (κ1) is 16.5. The number of nitrogens with zero attached hydrogens (tertiary/aromatic N) is 1. The molecule has 2 rings (SSSR count). The molecule has 1 atom stereocenters. The number of rotatable bonds is 5. The van der Waals surface area contributed by atoms with Gasteiger partial charge in [-0.2, -0.15) is 4.99 Å². The first-order valence-corrected chi connectivity index (χ1v) is 6.97. The first-order valence-electron chi connectivity index (χ1n) is 6.97. The highest BCUT2D eigenvalue weighted by Gasteiger charge is 2.40. The molecule has 0 fully saturated rings. The highest BCUT2D eigenvalue weighted by atomic mass is 19.1. The molecule has 2 aromatic rings. The van der Waals surface area contributed by atoms with Crippen LogP contribution in [0.15, 0.2) is 59.6 Å². The zero-order valence-corrected chi connectivity index (χ0v) is 12.7. The Balaban J connectivity index is 2.40. The van der Waals surface area contributed by atoms with Gasteiger partial charge in [-0.25, -0.2) is 4.39 Å². The Morgan fingerprint density at radius 3 is 2.26 bits per heavy atom. The molecule has 1 amide bonds.